The molecule has 0 spiro atoms. The molecule has 0 unspecified atom stereocenters. The lowest BCUT2D eigenvalue weighted by Crippen LogP contribution is -2.21. The van der Waals surface area contributed by atoms with Crippen molar-refractivity contribution in [1.29, 1.82) is 0 Å². The Morgan fingerprint density at radius 1 is 0.795 bits per heavy atom. The fraction of sp³-hybridized carbons (Fsp3) is 0.0870. The fourth-order valence-corrected chi connectivity index (χ4v) is 3.51. The number of benzene rings is 3. The van der Waals surface area contributed by atoms with E-state index in [1.54, 1.807) is 18.2 Å². The van der Waals surface area contributed by atoms with E-state index in [1.165, 1.54) is 0 Å². The van der Waals surface area contributed by atoms with Crippen molar-refractivity contribution in [2.45, 2.75) is 0 Å². The first kappa shape index (κ1) is 31.2. The molecule has 0 aromatic heterocycles. The summed E-state index contributed by atoms with van der Waals surface area (Å²) in [6.45, 7) is 0. The number of anilines is 5. The molecular formula is C23H19Cl2F4N5O4S. The number of esters is 2. The van der Waals surface area contributed by atoms with Crippen molar-refractivity contribution in [3.63, 3.8) is 0 Å². The van der Waals surface area contributed by atoms with Crippen LogP contribution in [0.3, 0.4) is 0 Å². The summed E-state index contributed by atoms with van der Waals surface area (Å²) in [7, 11) is 2.08. The van der Waals surface area contributed by atoms with Crippen molar-refractivity contribution < 1.29 is 36.6 Å². The number of hydrogen-bond donors (Lipinski definition) is 5. The van der Waals surface area contributed by atoms with Crippen molar-refractivity contribution in [1.82, 2.24) is 0 Å². The van der Waals surface area contributed by atoms with Gasteiger partial charge in [0.2, 0.25) is 0 Å². The molecule has 0 bridgehead atoms. The van der Waals surface area contributed by atoms with Crippen molar-refractivity contribution in [3.8, 4) is 0 Å². The van der Waals surface area contributed by atoms with Crippen LogP contribution >= 0.6 is 35.4 Å². The SMILES string of the molecule is COC(=O)c1cc(N)c(N)c(F)c1F.COC(=O)c1cc(NC(=S)Nc2c(Cl)cccc2Cl)c(N)c(F)c1F. The van der Waals surface area contributed by atoms with Crippen LogP contribution in [0.4, 0.5) is 46.0 Å². The minimum atomic E-state index is -1.41. The van der Waals surface area contributed by atoms with E-state index < -0.39 is 57.7 Å². The number of thiocarbonyl (C=S) groups is 1. The molecule has 0 saturated heterocycles. The van der Waals surface area contributed by atoms with E-state index in [0.29, 0.717) is 15.7 Å². The highest BCUT2D eigenvalue weighted by Gasteiger charge is 2.23. The predicted octanol–water partition coefficient (Wildman–Crippen LogP) is 5.37. The number of halogens is 6. The second-order valence-corrected chi connectivity index (χ2v) is 8.45. The van der Waals surface area contributed by atoms with Crippen LogP contribution < -0.4 is 27.8 Å². The average Bonchev–Trinajstić information content (AvgIpc) is 2.91. The van der Waals surface area contributed by atoms with E-state index in [4.69, 9.17) is 52.6 Å². The number of para-hydroxylation sites is 1. The molecule has 0 amide bonds. The van der Waals surface area contributed by atoms with Crippen molar-refractivity contribution in [3.05, 3.63) is 74.8 Å². The predicted molar refractivity (Wildman–Crippen MR) is 145 cm³/mol. The van der Waals surface area contributed by atoms with Crippen molar-refractivity contribution in [2.24, 2.45) is 0 Å². The number of hydrogen-bond acceptors (Lipinski definition) is 8. The van der Waals surface area contributed by atoms with Gasteiger partial charge in [-0.25, -0.2) is 27.2 Å². The van der Waals surface area contributed by atoms with Gasteiger partial charge in [0, 0.05) is 0 Å². The molecule has 0 saturated carbocycles. The Morgan fingerprint density at radius 3 is 1.74 bits per heavy atom. The maximum atomic E-state index is 13.9. The zero-order valence-corrected chi connectivity index (χ0v) is 22.3. The van der Waals surface area contributed by atoms with E-state index in [9.17, 15) is 27.2 Å². The number of rotatable bonds is 4. The first-order valence-corrected chi connectivity index (χ1v) is 11.4. The third kappa shape index (κ3) is 7.10. The third-order valence-electron chi connectivity index (χ3n) is 4.78. The highest BCUT2D eigenvalue weighted by molar-refractivity contribution is 7.80. The second kappa shape index (κ2) is 13.2. The molecule has 39 heavy (non-hydrogen) atoms. The van der Waals surface area contributed by atoms with Gasteiger partial charge in [-0.3, -0.25) is 0 Å². The molecule has 0 fully saturated rings. The lowest BCUT2D eigenvalue weighted by atomic mass is 10.1. The standard InChI is InChI=1S/C15H11Cl2F2N3O2S.C8H8F2N2O2/c1-24-14(23)6-5-9(12(20)11(19)10(6)18)21-15(25)22-13-7(16)3-2-4-8(13)17;1-14-8(13)3-2-4(11)7(12)6(10)5(3)9/h2-5H,20H2,1H3,(H2,21,22,25);2H,11-12H2,1H3. The number of nitrogens with one attached hydrogen (secondary N) is 2. The van der Waals surface area contributed by atoms with Gasteiger partial charge in [-0.1, -0.05) is 29.3 Å². The van der Waals surface area contributed by atoms with Gasteiger partial charge in [0.1, 0.15) is 11.1 Å². The lowest BCUT2D eigenvalue weighted by Gasteiger charge is -2.16. The maximum absolute atomic E-state index is 13.9. The quantitative estimate of drug-likeness (QED) is 0.113. The summed E-state index contributed by atoms with van der Waals surface area (Å²) in [5, 5.41) is 5.82. The highest BCUT2D eigenvalue weighted by atomic mass is 35.5. The van der Waals surface area contributed by atoms with Gasteiger partial charge in [0.25, 0.3) is 0 Å². The molecule has 0 heterocycles. The molecular weight excluding hydrogens is 589 g/mol. The van der Waals surface area contributed by atoms with E-state index >= 15 is 0 Å². The van der Waals surface area contributed by atoms with Crippen molar-refractivity contribution >= 4 is 80.9 Å². The summed E-state index contributed by atoms with van der Waals surface area (Å²) in [5.41, 5.74) is 13.6. The Morgan fingerprint density at radius 2 is 1.26 bits per heavy atom. The van der Waals surface area contributed by atoms with Gasteiger partial charge < -0.3 is 37.3 Å². The van der Waals surface area contributed by atoms with E-state index in [0.717, 1.165) is 26.4 Å². The largest absolute Gasteiger partial charge is 0.465 e. The summed E-state index contributed by atoms with van der Waals surface area (Å²) in [4.78, 5) is 22.5. The summed E-state index contributed by atoms with van der Waals surface area (Å²) >= 11 is 17.1. The molecule has 0 radical (unpaired) electrons. The van der Waals surface area contributed by atoms with Gasteiger partial charge in [-0.15, -0.1) is 0 Å². The van der Waals surface area contributed by atoms with Gasteiger partial charge in [-0.2, -0.15) is 0 Å². The van der Waals surface area contributed by atoms with Gasteiger partial charge in [-0.05, 0) is 36.5 Å². The third-order valence-corrected chi connectivity index (χ3v) is 5.62. The second-order valence-electron chi connectivity index (χ2n) is 7.23. The first-order chi connectivity index (χ1) is 18.2. The summed E-state index contributed by atoms with van der Waals surface area (Å²) in [6, 6.07) is 6.73. The Hall–Kier alpha value is -4.01. The lowest BCUT2D eigenvalue weighted by molar-refractivity contribution is 0.0585. The zero-order valence-electron chi connectivity index (χ0n) is 19.9. The number of carbonyl (C=O) groups excluding carboxylic acids is 2. The molecule has 8 N–H and O–H groups in total. The van der Waals surface area contributed by atoms with Gasteiger partial charge >= 0.3 is 11.9 Å². The number of methoxy groups -OCH3 is 2. The fourth-order valence-electron chi connectivity index (χ4n) is 2.80. The molecule has 3 aromatic carbocycles. The van der Waals surface area contributed by atoms with Crippen LogP contribution in [0, 0.1) is 23.3 Å². The Kier molecular flexibility index (Phi) is 10.5. The summed E-state index contributed by atoms with van der Waals surface area (Å²) in [5.74, 6) is -7.58. The normalized spacial score (nSPS) is 10.2. The number of ether oxygens (including phenoxy) is 2. The number of nitrogens with two attached hydrogens (primary N) is 3. The van der Waals surface area contributed by atoms with Crippen LogP contribution in [0.1, 0.15) is 20.7 Å². The van der Waals surface area contributed by atoms with Crippen LogP contribution in [-0.2, 0) is 9.47 Å². The summed E-state index contributed by atoms with van der Waals surface area (Å²) < 4.78 is 62.4. The average molecular weight is 608 g/mol. The molecule has 9 nitrogen and oxygen atoms in total. The Labute approximate surface area is 234 Å². The zero-order chi connectivity index (χ0) is 29.6. The maximum Gasteiger partial charge on any atom is 0.341 e. The molecule has 3 aromatic rings. The number of nitrogen functional groups attached to an aromatic ring is 3. The van der Waals surface area contributed by atoms with E-state index in [-0.39, 0.29) is 16.5 Å². The molecule has 0 aliphatic carbocycles. The van der Waals surface area contributed by atoms with Crippen molar-refractivity contribution in [2.75, 3.05) is 42.1 Å². The topological polar surface area (TPSA) is 155 Å². The Balaban J connectivity index is 0.000000322. The molecule has 16 heteroatoms. The van der Waals surface area contributed by atoms with E-state index in [2.05, 4.69) is 20.1 Å². The monoisotopic (exact) mass is 607 g/mol. The van der Waals surface area contributed by atoms with Crippen LogP contribution in [-0.4, -0.2) is 31.3 Å². The minimum absolute atomic E-state index is 0.0523. The van der Waals surface area contributed by atoms with Crippen LogP contribution in [0.5, 0.6) is 0 Å². The molecule has 3 rings (SSSR count). The minimum Gasteiger partial charge on any atom is -0.465 e. The molecule has 208 valence electrons. The molecule has 0 aliphatic heterocycles. The molecule has 0 atom stereocenters. The van der Waals surface area contributed by atoms with Crippen LogP contribution in [0.15, 0.2) is 30.3 Å². The first-order valence-electron chi connectivity index (χ1n) is 10.2. The van der Waals surface area contributed by atoms with Gasteiger partial charge in [0.05, 0.1) is 52.7 Å². The Bertz CT molecular complexity index is 1440. The van der Waals surface area contributed by atoms with Crippen LogP contribution in [0.25, 0.3) is 0 Å². The molecule has 0 aliphatic rings. The summed E-state index contributed by atoms with van der Waals surface area (Å²) in [6.07, 6.45) is 0. The van der Waals surface area contributed by atoms with E-state index in [1.807, 2.05) is 0 Å². The highest BCUT2D eigenvalue weighted by Crippen LogP contribution is 2.31. The van der Waals surface area contributed by atoms with Gasteiger partial charge in [0.15, 0.2) is 28.4 Å². The van der Waals surface area contributed by atoms with Crippen LogP contribution in [0.2, 0.25) is 10.0 Å². The number of carbonyl (C=O) groups is 2. The smallest absolute Gasteiger partial charge is 0.341 e.